The van der Waals surface area contributed by atoms with Crippen LogP contribution in [0.5, 0.6) is 5.75 Å². The number of piperidine rings is 3. The van der Waals surface area contributed by atoms with Gasteiger partial charge in [0.05, 0.1) is 24.7 Å². The highest BCUT2D eigenvalue weighted by atomic mass is 35.5. The molecule has 3 aromatic carbocycles. The van der Waals surface area contributed by atoms with Gasteiger partial charge in [-0.2, -0.15) is 4.98 Å². The molecular weight excluding hydrogens is 797 g/mol. The Morgan fingerprint density at radius 2 is 1.55 bits per heavy atom. The van der Waals surface area contributed by atoms with E-state index in [0.29, 0.717) is 47.4 Å². The van der Waals surface area contributed by atoms with Crippen molar-refractivity contribution in [2.45, 2.75) is 56.9 Å². The number of halogens is 1. The fourth-order valence-corrected chi connectivity index (χ4v) is 10.6. The van der Waals surface area contributed by atoms with Crippen molar-refractivity contribution in [3.63, 3.8) is 0 Å². The Balaban J connectivity index is 0.778. The van der Waals surface area contributed by atoms with Crippen molar-refractivity contribution in [2.24, 2.45) is 5.92 Å². The molecular formula is C45H57ClN9O4P. The number of carbonyl (C=O) groups excluding carboxylic acids is 2. The van der Waals surface area contributed by atoms with Gasteiger partial charge in [0.2, 0.25) is 11.9 Å². The van der Waals surface area contributed by atoms with Crippen LogP contribution in [0.4, 0.5) is 39.3 Å². The Hall–Kier alpha value is -4.68. The topological polar surface area (TPSA) is 135 Å². The fraction of sp³-hybridized carbons (Fsp3) is 0.467. The van der Waals surface area contributed by atoms with Crippen LogP contribution in [0.1, 0.15) is 56.4 Å². The van der Waals surface area contributed by atoms with E-state index in [-0.39, 0.29) is 11.9 Å². The molecule has 3 N–H and O–H groups in total. The number of nitrogens with one attached hydrogen (secondary N) is 3. The van der Waals surface area contributed by atoms with Gasteiger partial charge >= 0.3 is 6.03 Å². The highest BCUT2D eigenvalue weighted by Crippen LogP contribution is 2.40. The van der Waals surface area contributed by atoms with E-state index >= 15 is 0 Å². The second-order valence-electron chi connectivity index (χ2n) is 17.0. The smallest absolute Gasteiger partial charge is 0.328 e. The van der Waals surface area contributed by atoms with Gasteiger partial charge in [-0.1, -0.05) is 29.8 Å². The van der Waals surface area contributed by atoms with Crippen LogP contribution < -0.4 is 35.8 Å². The number of benzene rings is 3. The molecule has 1 aromatic heterocycles. The minimum Gasteiger partial charge on any atom is -0.495 e. The van der Waals surface area contributed by atoms with E-state index in [1.165, 1.54) is 56.6 Å². The zero-order chi connectivity index (χ0) is 41.8. The molecule has 0 radical (unpaired) electrons. The molecule has 4 aliphatic rings. The van der Waals surface area contributed by atoms with Crippen LogP contribution in [-0.4, -0.2) is 111 Å². The van der Waals surface area contributed by atoms with Crippen LogP contribution in [0.2, 0.25) is 5.02 Å². The molecule has 4 saturated heterocycles. The number of hydrogen-bond acceptors (Lipinski definition) is 11. The quantitative estimate of drug-likeness (QED) is 0.120. The van der Waals surface area contributed by atoms with Crippen molar-refractivity contribution >= 4 is 70.5 Å². The van der Waals surface area contributed by atoms with Crippen molar-refractivity contribution in [3.05, 3.63) is 83.5 Å². The third-order valence-electron chi connectivity index (χ3n) is 12.7. The first-order valence-corrected chi connectivity index (χ1v) is 24.3. The van der Waals surface area contributed by atoms with Crippen LogP contribution in [0.3, 0.4) is 0 Å². The summed E-state index contributed by atoms with van der Waals surface area (Å²) >= 11 is 6.50. The monoisotopic (exact) mass is 853 g/mol. The molecule has 13 nitrogen and oxygen atoms in total. The maximum Gasteiger partial charge on any atom is 0.328 e. The second-order valence-corrected chi connectivity index (χ2v) is 20.6. The number of aromatic nitrogens is 2. The molecule has 60 heavy (non-hydrogen) atoms. The second kappa shape index (κ2) is 18.5. The molecule has 3 amide bonds. The highest BCUT2D eigenvalue weighted by Gasteiger charge is 2.31. The number of hydrogen-bond donors (Lipinski definition) is 3. The van der Waals surface area contributed by atoms with Crippen molar-refractivity contribution in [1.82, 2.24) is 25.1 Å². The number of likely N-dealkylation sites (tertiary alicyclic amines) is 2. The normalized spacial score (nSPS) is 19.3. The summed E-state index contributed by atoms with van der Waals surface area (Å²) < 4.78 is 18.8. The lowest BCUT2D eigenvalue weighted by atomic mass is 9.87. The Morgan fingerprint density at radius 3 is 2.25 bits per heavy atom. The molecule has 0 bridgehead atoms. The predicted molar refractivity (Wildman–Crippen MR) is 242 cm³/mol. The number of anilines is 6. The van der Waals surface area contributed by atoms with Crippen molar-refractivity contribution in [1.29, 1.82) is 0 Å². The molecule has 8 rings (SSSR count). The van der Waals surface area contributed by atoms with Crippen molar-refractivity contribution in [2.75, 3.05) is 93.2 Å². The maximum atomic E-state index is 12.9. The Bertz CT molecular complexity index is 2200. The van der Waals surface area contributed by atoms with E-state index in [2.05, 4.69) is 64.9 Å². The minimum atomic E-state index is -2.53. The van der Waals surface area contributed by atoms with E-state index in [4.69, 9.17) is 16.3 Å². The first-order valence-electron chi connectivity index (χ1n) is 21.3. The number of imide groups is 1. The third-order valence-corrected chi connectivity index (χ3v) is 14.6. The molecule has 0 spiro atoms. The molecule has 0 unspecified atom stereocenters. The van der Waals surface area contributed by atoms with E-state index in [1.807, 2.05) is 42.5 Å². The summed E-state index contributed by atoms with van der Waals surface area (Å²) in [5.41, 5.74) is 4.79. The largest absolute Gasteiger partial charge is 0.495 e. The standard InChI is InChI=1S/C45H57ClN9O4P/c1-59-40-28-33(8-13-38(40)49-44-47-29-37(46)43(51-44)48-39-6-4-5-7-41(39)60(2,3)58)32-16-25-54(26-17-32)35-18-21-52(22-19-35)30-31-14-23-53(24-15-31)34-9-11-36(12-10-34)55-27-20-42(56)50-45(55)57/h4-13,28-29,31-32,35H,14-27,30H2,1-3H3,(H,50,56,57)(H2,47,48,49,51). The van der Waals surface area contributed by atoms with Gasteiger partial charge in [-0.25, -0.2) is 9.78 Å². The van der Waals surface area contributed by atoms with E-state index < -0.39 is 7.14 Å². The first-order chi connectivity index (χ1) is 29.0. The summed E-state index contributed by atoms with van der Waals surface area (Å²) in [5.74, 6) is 2.53. The van der Waals surface area contributed by atoms with Gasteiger partial charge in [0, 0.05) is 55.3 Å². The average molecular weight is 854 g/mol. The number of nitrogens with zero attached hydrogens (tertiary/aromatic N) is 6. The fourth-order valence-electron chi connectivity index (χ4n) is 9.33. The molecule has 5 heterocycles. The summed E-state index contributed by atoms with van der Waals surface area (Å²) in [7, 11) is -0.844. The van der Waals surface area contributed by atoms with Gasteiger partial charge < -0.3 is 34.6 Å². The number of rotatable bonds is 12. The van der Waals surface area contributed by atoms with Crippen molar-refractivity contribution in [3.8, 4) is 5.75 Å². The molecule has 0 saturated carbocycles. The Kier molecular flexibility index (Phi) is 13.0. The summed E-state index contributed by atoms with van der Waals surface area (Å²) in [6, 6.07) is 22.4. The first kappa shape index (κ1) is 42.0. The van der Waals surface area contributed by atoms with Crippen LogP contribution in [0.25, 0.3) is 0 Å². The lowest BCUT2D eigenvalue weighted by molar-refractivity contribution is -0.120. The summed E-state index contributed by atoms with van der Waals surface area (Å²) in [5, 5.41) is 10.1. The zero-order valence-corrected chi connectivity index (χ0v) is 36.6. The number of para-hydroxylation sites is 1. The molecule has 0 aliphatic carbocycles. The number of methoxy groups -OCH3 is 1. The number of amides is 3. The van der Waals surface area contributed by atoms with Gasteiger partial charge in [-0.05, 0) is 144 Å². The summed E-state index contributed by atoms with van der Waals surface area (Å²) in [6.07, 6.45) is 9.01. The van der Waals surface area contributed by atoms with Crippen molar-refractivity contribution < 1.29 is 18.9 Å². The molecule has 4 fully saturated rings. The molecule has 15 heteroatoms. The molecule has 318 valence electrons. The highest BCUT2D eigenvalue weighted by molar-refractivity contribution is 7.70. The number of ether oxygens (including phenoxy) is 1. The van der Waals surface area contributed by atoms with Crippen LogP contribution in [-0.2, 0) is 9.36 Å². The van der Waals surface area contributed by atoms with Gasteiger partial charge in [0.15, 0.2) is 5.82 Å². The Morgan fingerprint density at radius 1 is 0.833 bits per heavy atom. The van der Waals surface area contributed by atoms with Crippen LogP contribution in [0.15, 0.2) is 72.9 Å². The lowest BCUT2D eigenvalue weighted by Gasteiger charge is -2.43. The summed E-state index contributed by atoms with van der Waals surface area (Å²) in [6.45, 7) is 11.8. The van der Waals surface area contributed by atoms with E-state index in [1.54, 1.807) is 31.5 Å². The zero-order valence-electron chi connectivity index (χ0n) is 34.9. The molecule has 4 aliphatic heterocycles. The van der Waals surface area contributed by atoms with Gasteiger partial charge in [0.25, 0.3) is 0 Å². The summed E-state index contributed by atoms with van der Waals surface area (Å²) in [4.78, 5) is 42.4. The minimum absolute atomic E-state index is 0.212. The lowest BCUT2D eigenvalue weighted by Crippen LogP contribution is -2.49. The van der Waals surface area contributed by atoms with Crippen LogP contribution in [0, 0.1) is 5.92 Å². The maximum absolute atomic E-state index is 12.9. The Labute approximate surface area is 358 Å². The van der Waals surface area contributed by atoms with E-state index in [0.717, 1.165) is 67.4 Å². The SMILES string of the molecule is COc1cc(C2CCN(C3CCN(CC4CCN(c5ccc(N6CCC(=O)NC6=O)cc5)CC4)CC3)CC2)ccc1Nc1ncc(Cl)c(Nc2ccccc2P(C)(C)=O)n1. The number of carbonyl (C=O) groups is 2. The van der Waals surface area contributed by atoms with Gasteiger partial charge in [-0.3, -0.25) is 15.0 Å². The molecule has 0 atom stereocenters. The van der Waals surface area contributed by atoms with E-state index in [9.17, 15) is 14.2 Å². The molecule has 4 aromatic rings. The third kappa shape index (κ3) is 9.92. The number of urea groups is 1. The predicted octanol–water partition coefficient (Wildman–Crippen LogP) is 7.88. The average Bonchev–Trinajstić information content (AvgIpc) is 3.25. The van der Waals surface area contributed by atoms with Gasteiger partial charge in [0.1, 0.15) is 17.9 Å². The van der Waals surface area contributed by atoms with Gasteiger partial charge in [-0.15, -0.1) is 0 Å². The van der Waals surface area contributed by atoms with Crippen LogP contribution >= 0.6 is 18.7 Å².